The first-order chi connectivity index (χ1) is 9.01. The van der Waals surface area contributed by atoms with Gasteiger partial charge in [-0.3, -0.25) is 4.79 Å². The summed E-state index contributed by atoms with van der Waals surface area (Å²) in [5.74, 6) is -0.0336. The zero-order valence-electron chi connectivity index (χ0n) is 10.7. The van der Waals surface area contributed by atoms with Crippen LogP contribution >= 0.6 is 43.2 Å². The van der Waals surface area contributed by atoms with Gasteiger partial charge >= 0.3 is 0 Å². The molecule has 1 aromatic heterocycles. The maximum Gasteiger partial charge on any atom is 0.239 e. The van der Waals surface area contributed by atoms with E-state index in [0.29, 0.717) is 5.13 Å². The van der Waals surface area contributed by atoms with Gasteiger partial charge in [0.1, 0.15) is 0 Å². The fraction of sp³-hybridized carbons (Fsp3) is 0.385. The predicted molar refractivity (Wildman–Crippen MR) is 88.3 cm³/mol. The van der Waals surface area contributed by atoms with Crippen molar-refractivity contribution < 1.29 is 4.79 Å². The molecule has 0 unspecified atom stereocenters. The highest BCUT2D eigenvalue weighted by atomic mass is 79.9. The number of aryl methyl sites for hydroxylation is 1. The van der Waals surface area contributed by atoms with Gasteiger partial charge in [-0.25, -0.2) is 4.98 Å². The molecule has 0 aliphatic carbocycles. The van der Waals surface area contributed by atoms with Crippen molar-refractivity contribution in [1.29, 1.82) is 0 Å². The molecular weight excluding hydrogens is 392 g/mol. The number of carbonyl (C=O) groups is 1. The van der Waals surface area contributed by atoms with Crippen LogP contribution in [0, 0.1) is 6.92 Å². The Morgan fingerprint density at radius 1 is 1.53 bits per heavy atom. The Labute approximate surface area is 133 Å². The molecule has 1 aromatic carbocycles. The van der Waals surface area contributed by atoms with Gasteiger partial charge in [0.15, 0.2) is 5.13 Å². The number of anilines is 1. The zero-order valence-corrected chi connectivity index (χ0v) is 14.7. The smallest absolute Gasteiger partial charge is 0.239 e. The van der Waals surface area contributed by atoms with Crippen molar-refractivity contribution in [3.63, 3.8) is 0 Å². The summed E-state index contributed by atoms with van der Waals surface area (Å²) in [6.07, 6.45) is 1.79. The van der Waals surface area contributed by atoms with Crippen LogP contribution in [0.1, 0.15) is 25.3 Å². The average molecular weight is 406 g/mol. The standard InChI is InChI=1S/C13H14Br2N2OS/c1-3-4-8(14)12(18)17-13-16-11-9(15)5-7(2)6-10(11)19-13/h5-6,8H,3-4H2,1-2H3,(H,16,17,18)/t8-/m1/s1. The van der Waals surface area contributed by atoms with Crippen LogP contribution in [-0.4, -0.2) is 15.7 Å². The molecule has 1 heterocycles. The largest absolute Gasteiger partial charge is 0.301 e. The lowest BCUT2D eigenvalue weighted by atomic mass is 10.2. The first-order valence-corrected chi connectivity index (χ1v) is 8.55. The molecule has 0 spiro atoms. The summed E-state index contributed by atoms with van der Waals surface area (Å²) in [6.45, 7) is 4.09. The first-order valence-electron chi connectivity index (χ1n) is 6.03. The van der Waals surface area contributed by atoms with Crippen molar-refractivity contribution in [3.05, 3.63) is 22.2 Å². The van der Waals surface area contributed by atoms with Crippen LogP contribution in [-0.2, 0) is 4.79 Å². The van der Waals surface area contributed by atoms with Crippen LogP contribution < -0.4 is 5.32 Å². The van der Waals surface area contributed by atoms with Crippen molar-refractivity contribution in [2.75, 3.05) is 5.32 Å². The number of rotatable bonds is 4. The molecule has 0 aliphatic heterocycles. The second-order valence-electron chi connectivity index (χ2n) is 4.36. The Morgan fingerprint density at radius 2 is 2.26 bits per heavy atom. The van der Waals surface area contributed by atoms with Gasteiger partial charge in [-0.1, -0.05) is 40.6 Å². The second-order valence-corrected chi connectivity index (χ2v) is 7.35. The molecule has 0 fully saturated rings. The molecule has 0 bridgehead atoms. The lowest BCUT2D eigenvalue weighted by molar-refractivity contribution is -0.115. The summed E-state index contributed by atoms with van der Waals surface area (Å²) in [6, 6.07) is 4.10. The maximum absolute atomic E-state index is 11.9. The van der Waals surface area contributed by atoms with Crippen LogP contribution in [0.4, 0.5) is 5.13 Å². The highest BCUT2D eigenvalue weighted by Crippen LogP contribution is 2.32. The normalized spacial score (nSPS) is 12.6. The fourth-order valence-electron chi connectivity index (χ4n) is 1.74. The molecule has 1 N–H and O–H groups in total. The number of fused-ring (bicyclic) bond motifs is 1. The number of aromatic nitrogens is 1. The van der Waals surface area contributed by atoms with E-state index in [2.05, 4.69) is 55.2 Å². The Kier molecular flexibility index (Phi) is 4.97. The number of hydrogen-bond donors (Lipinski definition) is 1. The number of thiazole rings is 1. The van der Waals surface area contributed by atoms with Crippen molar-refractivity contribution >= 4 is 64.5 Å². The van der Waals surface area contributed by atoms with E-state index < -0.39 is 0 Å². The number of benzene rings is 1. The Balaban J connectivity index is 2.22. The second kappa shape index (κ2) is 6.33. The molecule has 19 heavy (non-hydrogen) atoms. The van der Waals surface area contributed by atoms with Crippen molar-refractivity contribution in [1.82, 2.24) is 4.98 Å². The van der Waals surface area contributed by atoms with Crippen molar-refractivity contribution in [2.24, 2.45) is 0 Å². The zero-order chi connectivity index (χ0) is 14.0. The molecule has 6 heteroatoms. The molecule has 3 nitrogen and oxygen atoms in total. The Hall–Kier alpha value is -0.460. The molecule has 102 valence electrons. The number of carbonyl (C=O) groups excluding carboxylic acids is 1. The molecule has 2 rings (SSSR count). The highest BCUT2D eigenvalue weighted by Gasteiger charge is 2.16. The molecule has 1 amide bonds. The number of nitrogens with zero attached hydrogens (tertiary/aromatic N) is 1. The summed E-state index contributed by atoms with van der Waals surface area (Å²) >= 11 is 8.39. The van der Waals surface area contributed by atoms with Crippen molar-refractivity contribution in [2.45, 2.75) is 31.5 Å². The molecule has 0 saturated heterocycles. The van der Waals surface area contributed by atoms with Gasteiger partial charge in [0.05, 0.1) is 15.0 Å². The molecular formula is C13H14Br2N2OS. The number of nitrogens with one attached hydrogen (secondary N) is 1. The summed E-state index contributed by atoms with van der Waals surface area (Å²) in [5, 5.41) is 3.51. The first kappa shape index (κ1) is 14.9. The van der Waals surface area contributed by atoms with Gasteiger partial charge in [0, 0.05) is 4.47 Å². The molecule has 0 saturated carbocycles. The Bertz CT molecular complexity index is 612. The minimum atomic E-state index is -0.158. The molecule has 0 radical (unpaired) electrons. The van der Waals surface area contributed by atoms with Crippen molar-refractivity contribution in [3.8, 4) is 0 Å². The number of halogens is 2. The van der Waals surface area contributed by atoms with Gasteiger partial charge in [-0.15, -0.1) is 0 Å². The van der Waals surface area contributed by atoms with Crippen LogP contribution in [0.2, 0.25) is 0 Å². The number of hydrogen-bond acceptors (Lipinski definition) is 3. The third-order valence-electron chi connectivity index (χ3n) is 2.65. The average Bonchev–Trinajstić information content (AvgIpc) is 2.72. The maximum atomic E-state index is 11.9. The van der Waals surface area contributed by atoms with Crippen LogP contribution in [0.5, 0.6) is 0 Å². The van der Waals surface area contributed by atoms with E-state index in [9.17, 15) is 4.79 Å². The SMILES string of the molecule is CCC[C@@H](Br)C(=O)Nc1nc2c(Br)cc(C)cc2s1. The monoisotopic (exact) mass is 404 g/mol. The van der Waals surface area contributed by atoms with Crippen LogP contribution in [0.3, 0.4) is 0 Å². The lowest BCUT2D eigenvalue weighted by Gasteiger charge is -2.06. The minimum absolute atomic E-state index is 0.0336. The van der Waals surface area contributed by atoms with Gasteiger partial charge in [-0.05, 0) is 47.0 Å². The number of amides is 1. The van der Waals surface area contributed by atoms with Crippen LogP contribution in [0.15, 0.2) is 16.6 Å². The van der Waals surface area contributed by atoms with Gasteiger partial charge in [0.2, 0.25) is 5.91 Å². The third kappa shape index (κ3) is 3.55. The van der Waals surface area contributed by atoms with E-state index in [-0.39, 0.29) is 10.7 Å². The van der Waals surface area contributed by atoms with Crippen LogP contribution in [0.25, 0.3) is 10.2 Å². The van der Waals surface area contributed by atoms with Gasteiger partial charge < -0.3 is 5.32 Å². The quantitative estimate of drug-likeness (QED) is 0.737. The number of alkyl halides is 1. The van der Waals surface area contributed by atoms with E-state index in [1.165, 1.54) is 16.9 Å². The summed E-state index contributed by atoms with van der Waals surface area (Å²) in [5.41, 5.74) is 2.07. The van der Waals surface area contributed by atoms with Gasteiger partial charge in [0.25, 0.3) is 0 Å². The third-order valence-corrected chi connectivity index (χ3v) is 5.05. The van der Waals surface area contributed by atoms with E-state index in [4.69, 9.17) is 0 Å². The fourth-order valence-corrected chi connectivity index (χ4v) is 4.10. The topological polar surface area (TPSA) is 42.0 Å². The van der Waals surface area contributed by atoms with E-state index >= 15 is 0 Å². The van der Waals surface area contributed by atoms with E-state index in [1.807, 2.05) is 13.0 Å². The van der Waals surface area contributed by atoms with Gasteiger partial charge in [-0.2, -0.15) is 0 Å². The summed E-state index contributed by atoms with van der Waals surface area (Å²) in [7, 11) is 0. The van der Waals surface area contributed by atoms with E-state index in [1.54, 1.807) is 0 Å². The summed E-state index contributed by atoms with van der Waals surface area (Å²) < 4.78 is 2.03. The van der Waals surface area contributed by atoms with E-state index in [0.717, 1.165) is 27.5 Å². The highest BCUT2D eigenvalue weighted by molar-refractivity contribution is 9.10. The summed E-state index contributed by atoms with van der Waals surface area (Å²) in [4.78, 5) is 16.2. The minimum Gasteiger partial charge on any atom is -0.301 e. The molecule has 2 aromatic rings. The Morgan fingerprint density at radius 3 is 2.95 bits per heavy atom. The molecule has 0 aliphatic rings. The predicted octanol–water partition coefficient (Wildman–Crippen LogP) is 4.87. The molecule has 1 atom stereocenters. The lowest BCUT2D eigenvalue weighted by Crippen LogP contribution is -2.22.